The minimum atomic E-state index is -0.634. The van der Waals surface area contributed by atoms with Crippen LogP contribution in [0.1, 0.15) is 18.1 Å². The third-order valence-electron chi connectivity index (χ3n) is 1.42. The highest BCUT2D eigenvalue weighted by Crippen LogP contribution is 2.01. The van der Waals surface area contributed by atoms with Gasteiger partial charge in [-0.2, -0.15) is 5.26 Å². The third kappa shape index (κ3) is 2.99. The van der Waals surface area contributed by atoms with Crippen molar-refractivity contribution in [2.75, 3.05) is 0 Å². The first-order valence-corrected chi connectivity index (χ1v) is 3.92. The highest BCUT2D eigenvalue weighted by molar-refractivity contribution is 5.41. The number of nitrogens with zero attached hydrogens (tertiary/aromatic N) is 1. The number of hydrogen-bond donors (Lipinski definition) is 1. The summed E-state index contributed by atoms with van der Waals surface area (Å²) in [4.78, 5) is 0. The molecule has 0 heterocycles. The van der Waals surface area contributed by atoms with E-state index >= 15 is 0 Å². The summed E-state index contributed by atoms with van der Waals surface area (Å²) in [5.74, 6) is 5.38. The van der Waals surface area contributed by atoms with Crippen molar-refractivity contribution >= 4 is 0 Å². The van der Waals surface area contributed by atoms with E-state index in [0.29, 0.717) is 5.56 Å². The van der Waals surface area contributed by atoms with Gasteiger partial charge in [0.1, 0.15) is 6.10 Å². The summed E-state index contributed by atoms with van der Waals surface area (Å²) in [7, 11) is 0. The molecule has 13 heavy (non-hydrogen) atoms. The van der Waals surface area contributed by atoms with Crippen LogP contribution in [-0.4, -0.2) is 11.2 Å². The number of aliphatic hydroxyl groups excluding tert-OH is 1. The Bertz CT molecular complexity index is 391. The summed E-state index contributed by atoms with van der Waals surface area (Å²) >= 11 is 0. The molecule has 0 aliphatic rings. The van der Waals surface area contributed by atoms with Gasteiger partial charge in [0.2, 0.25) is 0 Å². The molecule has 2 heteroatoms. The lowest BCUT2D eigenvalue weighted by atomic mass is 10.1. The van der Waals surface area contributed by atoms with Crippen LogP contribution in [0.5, 0.6) is 0 Å². The topological polar surface area (TPSA) is 44.0 Å². The fraction of sp³-hybridized carbons (Fsp3) is 0.182. The zero-order chi connectivity index (χ0) is 9.68. The van der Waals surface area contributed by atoms with Crippen LogP contribution >= 0.6 is 0 Å². The average molecular weight is 171 g/mol. The van der Waals surface area contributed by atoms with Gasteiger partial charge in [-0.15, -0.1) is 0 Å². The molecule has 0 aromatic heterocycles. The molecule has 1 aromatic rings. The smallest absolute Gasteiger partial charge is 0.112 e. The standard InChI is InChI=1S/C11H9NO/c1-9(13)5-6-10-3-2-4-11(7-10)8-12/h2-4,7,9,13H,1H3. The number of rotatable bonds is 0. The Kier molecular flexibility index (Phi) is 3.09. The average Bonchev–Trinajstić information content (AvgIpc) is 2.15. The molecule has 2 nitrogen and oxygen atoms in total. The van der Waals surface area contributed by atoms with Crippen LogP contribution in [0.15, 0.2) is 24.3 Å². The first-order valence-electron chi connectivity index (χ1n) is 3.92. The fourth-order valence-corrected chi connectivity index (χ4v) is 0.854. The zero-order valence-corrected chi connectivity index (χ0v) is 7.28. The molecular formula is C11H9NO. The second-order valence-electron chi connectivity index (χ2n) is 2.64. The molecule has 1 rings (SSSR count). The summed E-state index contributed by atoms with van der Waals surface area (Å²) in [6.07, 6.45) is -0.634. The summed E-state index contributed by atoms with van der Waals surface area (Å²) in [6, 6.07) is 9.00. The van der Waals surface area contributed by atoms with E-state index in [4.69, 9.17) is 10.4 Å². The minimum absolute atomic E-state index is 0.581. The second-order valence-corrected chi connectivity index (χ2v) is 2.64. The Labute approximate surface area is 77.4 Å². The van der Waals surface area contributed by atoms with Crippen molar-refractivity contribution in [2.45, 2.75) is 13.0 Å². The van der Waals surface area contributed by atoms with Crippen molar-refractivity contribution in [3.8, 4) is 17.9 Å². The molecule has 0 aliphatic carbocycles. The van der Waals surface area contributed by atoms with Crippen molar-refractivity contribution in [2.24, 2.45) is 0 Å². The van der Waals surface area contributed by atoms with Gasteiger partial charge in [0.05, 0.1) is 11.6 Å². The first-order chi connectivity index (χ1) is 6.22. The molecule has 0 spiro atoms. The van der Waals surface area contributed by atoms with Gasteiger partial charge in [0.25, 0.3) is 0 Å². The van der Waals surface area contributed by atoms with Crippen LogP contribution in [0.25, 0.3) is 0 Å². The summed E-state index contributed by atoms with van der Waals surface area (Å²) < 4.78 is 0. The molecule has 1 N–H and O–H groups in total. The normalized spacial score (nSPS) is 10.8. The molecule has 0 aliphatic heterocycles. The van der Waals surface area contributed by atoms with Crippen LogP contribution in [0.3, 0.4) is 0 Å². The molecule has 1 unspecified atom stereocenters. The van der Waals surface area contributed by atoms with Crippen molar-refractivity contribution in [3.63, 3.8) is 0 Å². The Hall–Kier alpha value is -1.77. The molecule has 0 saturated heterocycles. The lowest BCUT2D eigenvalue weighted by molar-refractivity contribution is 0.253. The van der Waals surface area contributed by atoms with E-state index in [0.717, 1.165) is 5.56 Å². The van der Waals surface area contributed by atoms with E-state index in [1.807, 2.05) is 6.07 Å². The van der Waals surface area contributed by atoms with E-state index < -0.39 is 6.10 Å². The molecule has 1 atom stereocenters. The van der Waals surface area contributed by atoms with Crippen LogP contribution < -0.4 is 0 Å². The van der Waals surface area contributed by atoms with Crippen LogP contribution in [0.2, 0.25) is 0 Å². The summed E-state index contributed by atoms with van der Waals surface area (Å²) in [5.41, 5.74) is 1.33. The van der Waals surface area contributed by atoms with E-state index in [-0.39, 0.29) is 0 Å². The third-order valence-corrected chi connectivity index (χ3v) is 1.42. The molecule has 64 valence electrons. The SMILES string of the molecule is CC(O)C#Cc1cccc(C#N)c1. The number of aliphatic hydroxyl groups is 1. The summed E-state index contributed by atoms with van der Waals surface area (Å²) in [5, 5.41) is 17.5. The lowest BCUT2D eigenvalue weighted by Gasteiger charge is -1.91. The molecule has 0 fully saturated rings. The van der Waals surface area contributed by atoms with Gasteiger partial charge in [-0.05, 0) is 25.1 Å². The molecule has 0 amide bonds. The van der Waals surface area contributed by atoms with E-state index in [2.05, 4.69) is 11.8 Å². The Morgan fingerprint density at radius 2 is 2.08 bits per heavy atom. The Morgan fingerprint density at radius 1 is 1.38 bits per heavy atom. The molecule has 0 bridgehead atoms. The van der Waals surface area contributed by atoms with Crippen molar-refractivity contribution in [1.82, 2.24) is 0 Å². The monoisotopic (exact) mass is 171 g/mol. The maximum atomic E-state index is 8.90. The molecule has 1 aromatic carbocycles. The Balaban J connectivity index is 2.93. The second kappa shape index (κ2) is 4.30. The van der Waals surface area contributed by atoms with Gasteiger partial charge >= 0.3 is 0 Å². The van der Waals surface area contributed by atoms with Gasteiger partial charge in [0.15, 0.2) is 0 Å². The highest BCUT2D eigenvalue weighted by Gasteiger charge is 1.90. The highest BCUT2D eigenvalue weighted by atomic mass is 16.3. The number of hydrogen-bond acceptors (Lipinski definition) is 2. The maximum Gasteiger partial charge on any atom is 0.112 e. The fourth-order valence-electron chi connectivity index (χ4n) is 0.854. The predicted molar refractivity (Wildman–Crippen MR) is 49.7 cm³/mol. The molecule has 0 radical (unpaired) electrons. The quantitative estimate of drug-likeness (QED) is 0.598. The van der Waals surface area contributed by atoms with Crippen LogP contribution in [-0.2, 0) is 0 Å². The van der Waals surface area contributed by atoms with Crippen LogP contribution in [0.4, 0.5) is 0 Å². The Morgan fingerprint density at radius 3 is 2.69 bits per heavy atom. The predicted octanol–water partition coefficient (Wildman–Crippen LogP) is 1.29. The van der Waals surface area contributed by atoms with E-state index in [1.54, 1.807) is 31.2 Å². The molecule has 0 saturated carbocycles. The zero-order valence-electron chi connectivity index (χ0n) is 7.28. The van der Waals surface area contributed by atoms with Gasteiger partial charge in [-0.3, -0.25) is 0 Å². The van der Waals surface area contributed by atoms with Gasteiger partial charge in [-0.25, -0.2) is 0 Å². The lowest BCUT2D eigenvalue weighted by Crippen LogP contribution is -1.92. The van der Waals surface area contributed by atoms with Gasteiger partial charge < -0.3 is 5.11 Å². The van der Waals surface area contributed by atoms with Crippen molar-refractivity contribution < 1.29 is 5.11 Å². The van der Waals surface area contributed by atoms with Crippen LogP contribution in [0, 0.1) is 23.2 Å². The largest absolute Gasteiger partial charge is 0.381 e. The summed E-state index contributed by atoms with van der Waals surface area (Å²) in [6.45, 7) is 1.60. The van der Waals surface area contributed by atoms with E-state index in [1.165, 1.54) is 0 Å². The number of nitriles is 1. The minimum Gasteiger partial charge on any atom is -0.381 e. The maximum absolute atomic E-state index is 8.90. The van der Waals surface area contributed by atoms with E-state index in [9.17, 15) is 0 Å². The van der Waals surface area contributed by atoms with Crippen molar-refractivity contribution in [3.05, 3.63) is 35.4 Å². The first kappa shape index (κ1) is 9.32. The van der Waals surface area contributed by atoms with Crippen molar-refractivity contribution in [1.29, 1.82) is 5.26 Å². The number of benzene rings is 1. The molecular weight excluding hydrogens is 162 g/mol. The van der Waals surface area contributed by atoms with Gasteiger partial charge in [0, 0.05) is 5.56 Å². The van der Waals surface area contributed by atoms with Gasteiger partial charge in [-0.1, -0.05) is 17.9 Å².